The smallest absolute Gasteiger partial charge is 0.407 e. The number of aliphatic hydroxyl groups excluding tert-OH is 2. The van der Waals surface area contributed by atoms with Crippen molar-refractivity contribution < 1.29 is 62.6 Å². The Morgan fingerprint density at radius 3 is 2.18 bits per heavy atom. The minimum absolute atomic E-state index is 0.151. The van der Waals surface area contributed by atoms with Crippen LogP contribution in [0.15, 0.2) is 0 Å². The Morgan fingerprint density at radius 1 is 0.947 bits per heavy atom. The average molecular weight is 551 g/mol. The zero-order valence-electron chi connectivity index (χ0n) is 21.8. The molecule has 0 unspecified atom stereocenters. The molecule has 1 aliphatic heterocycles. The number of hydrogen-bond acceptors (Lipinski definition) is 13. The summed E-state index contributed by atoms with van der Waals surface area (Å²) in [5.41, 5.74) is 5.40. The lowest BCUT2D eigenvalue weighted by Crippen LogP contribution is -2.59. The van der Waals surface area contributed by atoms with Crippen LogP contribution in [0.2, 0.25) is 0 Å². The molecule has 1 rings (SSSR count). The predicted molar refractivity (Wildman–Crippen MR) is 126 cm³/mol. The molecule has 15 nitrogen and oxygen atoms in total. The lowest BCUT2D eigenvalue weighted by molar-refractivity contribution is -0.291. The molecule has 218 valence electrons. The number of primary amides is 1. The number of esters is 3. The largest absolute Gasteiger partial charge is 0.463 e. The van der Waals surface area contributed by atoms with Crippen LogP contribution in [0.1, 0.15) is 46.5 Å². The Kier molecular flexibility index (Phi) is 15.2. The first kappa shape index (κ1) is 33.0. The molecule has 1 heterocycles. The first-order chi connectivity index (χ1) is 17.9. The molecule has 0 saturated carbocycles. The normalized spacial score (nSPS) is 23.6. The van der Waals surface area contributed by atoms with Crippen molar-refractivity contribution in [2.24, 2.45) is 11.7 Å². The molecule has 0 aromatic heterocycles. The summed E-state index contributed by atoms with van der Waals surface area (Å²) >= 11 is 0. The van der Waals surface area contributed by atoms with Crippen molar-refractivity contribution in [2.75, 3.05) is 33.0 Å². The number of amides is 2. The summed E-state index contributed by atoms with van der Waals surface area (Å²) in [7, 11) is 0. The number of alkyl carbamates (subject to hydrolysis) is 1. The molecule has 0 aromatic carbocycles. The number of carbonyl (C=O) groups is 5. The van der Waals surface area contributed by atoms with Crippen molar-refractivity contribution in [1.82, 2.24) is 5.32 Å². The van der Waals surface area contributed by atoms with E-state index in [1.54, 1.807) is 0 Å². The summed E-state index contributed by atoms with van der Waals surface area (Å²) in [4.78, 5) is 58.3. The van der Waals surface area contributed by atoms with Crippen molar-refractivity contribution in [1.29, 1.82) is 0 Å². The zero-order chi connectivity index (χ0) is 28.7. The van der Waals surface area contributed by atoms with Crippen LogP contribution in [0.3, 0.4) is 0 Å². The van der Waals surface area contributed by atoms with Gasteiger partial charge in [-0.05, 0) is 19.3 Å². The van der Waals surface area contributed by atoms with Gasteiger partial charge < -0.3 is 49.7 Å². The Morgan fingerprint density at radius 2 is 1.61 bits per heavy atom. The van der Waals surface area contributed by atoms with Gasteiger partial charge in [0.15, 0.2) is 12.4 Å². The Balaban J connectivity index is 2.76. The van der Waals surface area contributed by atoms with E-state index in [0.717, 1.165) is 13.8 Å². The minimum atomic E-state index is -1.19. The molecule has 0 radical (unpaired) electrons. The number of aliphatic hydroxyl groups is 2. The van der Waals surface area contributed by atoms with Gasteiger partial charge in [0.2, 0.25) is 5.91 Å². The SMILES string of the molecule is CC(=O)OC[C@H]1O[C@@H](OCCCCCNC(=O)OC[C@@H](O)CO)[C@H](CC(N)=O)[C@@H](OC(C)=O)[C@H]1OC(C)=O. The van der Waals surface area contributed by atoms with Gasteiger partial charge in [-0.25, -0.2) is 4.79 Å². The van der Waals surface area contributed by atoms with Crippen LogP contribution in [0.25, 0.3) is 0 Å². The molecule has 0 aliphatic carbocycles. The summed E-state index contributed by atoms with van der Waals surface area (Å²) < 4.78 is 32.2. The molecular formula is C23H38N2O13. The lowest BCUT2D eigenvalue weighted by Gasteiger charge is -2.44. The van der Waals surface area contributed by atoms with Crippen LogP contribution in [-0.4, -0.2) is 104 Å². The second kappa shape index (κ2) is 17.5. The average Bonchev–Trinajstić information content (AvgIpc) is 2.83. The van der Waals surface area contributed by atoms with Gasteiger partial charge in [0, 0.05) is 40.3 Å². The highest BCUT2D eigenvalue weighted by Crippen LogP contribution is 2.34. The number of nitrogens with one attached hydrogen (secondary N) is 1. The van der Waals surface area contributed by atoms with E-state index < -0.39 is 73.1 Å². The molecular weight excluding hydrogens is 512 g/mol. The number of rotatable bonds is 16. The van der Waals surface area contributed by atoms with E-state index in [4.69, 9.17) is 44.4 Å². The third-order valence-electron chi connectivity index (χ3n) is 5.25. The molecule has 5 N–H and O–H groups in total. The number of nitrogens with two attached hydrogens (primary N) is 1. The maximum atomic E-state index is 11.8. The van der Waals surface area contributed by atoms with E-state index >= 15 is 0 Å². The fourth-order valence-electron chi connectivity index (χ4n) is 3.65. The van der Waals surface area contributed by atoms with E-state index in [-0.39, 0.29) is 26.2 Å². The molecule has 1 saturated heterocycles. The molecule has 0 bridgehead atoms. The van der Waals surface area contributed by atoms with Gasteiger partial charge in [0.25, 0.3) is 0 Å². The lowest BCUT2D eigenvalue weighted by atomic mass is 9.87. The van der Waals surface area contributed by atoms with Crippen LogP contribution in [0, 0.1) is 5.92 Å². The van der Waals surface area contributed by atoms with Crippen molar-refractivity contribution in [3.63, 3.8) is 0 Å². The van der Waals surface area contributed by atoms with E-state index in [1.807, 2.05) is 0 Å². The summed E-state index contributed by atoms with van der Waals surface area (Å²) in [5.74, 6) is -3.67. The maximum absolute atomic E-state index is 11.8. The first-order valence-electron chi connectivity index (χ1n) is 12.2. The van der Waals surface area contributed by atoms with Crippen molar-refractivity contribution >= 4 is 29.9 Å². The quantitative estimate of drug-likeness (QED) is 0.102. The summed E-state index contributed by atoms with van der Waals surface area (Å²) in [6, 6.07) is 0. The third-order valence-corrected chi connectivity index (χ3v) is 5.25. The van der Waals surface area contributed by atoms with Gasteiger partial charge in [-0.15, -0.1) is 0 Å². The van der Waals surface area contributed by atoms with Gasteiger partial charge in [-0.2, -0.15) is 0 Å². The van der Waals surface area contributed by atoms with E-state index in [0.29, 0.717) is 25.8 Å². The van der Waals surface area contributed by atoms with Crippen LogP contribution >= 0.6 is 0 Å². The highest BCUT2D eigenvalue weighted by molar-refractivity contribution is 5.74. The number of ether oxygens (including phenoxy) is 6. The van der Waals surface area contributed by atoms with Crippen LogP contribution in [0.5, 0.6) is 0 Å². The van der Waals surface area contributed by atoms with Crippen molar-refractivity contribution in [3.05, 3.63) is 0 Å². The van der Waals surface area contributed by atoms with Crippen LogP contribution in [0.4, 0.5) is 4.79 Å². The molecule has 15 heteroatoms. The third kappa shape index (κ3) is 13.0. The first-order valence-corrected chi connectivity index (χ1v) is 12.2. The fourth-order valence-corrected chi connectivity index (χ4v) is 3.65. The monoisotopic (exact) mass is 550 g/mol. The van der Waals surface area contributed by atoms with Crippen LogP contribution < -0.4 is 11.1 Å². The number of carbonyl (C=O) groups excluding carboxylic acids is 5. The van der Waals surface area contributed by atoms with Crippen molar-refractivity contribution in [3.8, 4) is 0 Å². The van der Waals surface area contributed by atoms with Gasteiger partial charge >= 0.3 is 24.0 Å². The topological polar surface area (TPSA) is 219 Å². The molecule has 38 heavy (non-hydrogen) atoms. The van der Waals surface area contributed by atoms with Gasteiger partial charge in [0.1, 0.15) is 31.5 Å². The Labute approximate surface area is 220 Å². The molecule has 1 aliphatic rings. The second-order valence-electron chi connectivity index (χ2n) is 8.62. The molecule has 2 amide bonds. The highest BCUT2D eigenvalue weighted by Gasteiger charge is 2.51. The molecule has 0 aromatic rings. The molecule has 0 spiro atoms. The highest BCUT2D eigenvalue weighted by atomic mass is 16.7. The van der Waals surface area contributed by atoms with Gasteiger partial charge in [0.05, 0.1) is 12.5 Å². The summed E-state index contributed by atoms with van der Waals surface area (Å²) in [6.07, 6.45) is -4.99. The van der Waals surface area contributed by atoms with E-state index in [1.165, 1.54) is 6.92 Å². The van der Waals surface area contributed by atoms with Gasteiger partial charge in [-0.3, -0.25) is 19.2 Å². The Hall–Kier alpha value is -3.01. The number of hydrogen-bond donors (Lipinski definition) is 4. The fraction of sp³-hybridized carbons (Fsp3) is 0.783. The molecule has 6 atom stereocenters. The second-order valence-corrected chi connectivity index (χ2v) is 8.62. The number of unbranched alkanes of at least 4 members (excludes halogenated alkanes) is 2. The predicted octanol–water partition coefficient (Wildman–Crippen LogP) is -1.10. The molecule has 1 fully saturated rings. The standard InChI is InChI=1S/C23H38N2O13/c1-13(27)34-12-18-21(37-15(3)29)20(36-14(2)28)17(9-19(24)31)22(38-18)33-8-6-4-5-7-25-23(32)35-11-16(30)10-26/h16-18,20-22,26,30H,4-12H2,1-3H3,(H2,24,31)(H,25,32)/t16-,17+,18+,20+,21-,22+/m0/s1. The van der Waals surface area contributed by atoms with E-state index in [2.05, 4.69) is 5.32 Å². The van der Waals surface area contributed by atoms with E-state index in [9.17, 15) is 24.0 Å². The van der Waals surface area contributed by atoms with Crippen LogP contribution in [-0.2, 0) is 47.6 Å². The maximum Gasteiger partial charge on any atom is 0.407 e. The summed E-state index contributed by atoms with van der Waals surface area (Å²) in [6.45, 7) is 2.75. The Bertz CT molecular complexity index is 793. The zero-order valence-corrected chi connectivity index (χ0v) is 21.8. The minimum Gasteiger partial charge on any atom is -0.463 e. The van der Waals surface area contributed by atoms with Crippen molar-refractivity contribution in [2.45, 2.75) is 77.2 Å². The van der Waals surface area contributed by atoms with Gasteiger partial charge in [-0.1, -0.05) is 0 Å². The summed E-state index contributed by atoms with van der Waals surface area (Å²) in [5, 5.41) is 20.4.